The van der Waals surface area contributed by atoms with Gasteiger partial charge in [0.2, 0.25) is 5.95 Å². The molecule has 0 amide bonds. The largest absolute Gasteiger partial charge is 0.497 e. The van der Waals surface area contributed by atoms with Crippen LogP contribution in [0.15, 0.2) is 101 Å². The first-order valence-electron chi connectivity index (χ1n) is 11.3. The van der Waals surface area contributed by atoms with Crippen LogP contribution >= 0.6 is 11.6 Å². The van der Waals surface area contributed by atoms with E-state index in [4.69, 9.17) is 35.8 Å². The van der Waals surface area contributed by atoms with E-state index in [-0.39, 0.29) is 6.04 Å². The Balaban J connectivity index is 1.51. The van der Waals surface area contributed by atoms with Gasteiger partial charge in [-0.1, -0.05) is 54.1 Å². The molecule has 1 unspecified atom stereocenters. The molecule has 0 saturated heterocycles. The summed E-state index contributed by atoms with van der Waals surface area (Å²) in [5.74, 6) is 2.09. The Bertz CT molecular complexity index is 1530. The first-order chi connectivity index (χ1) is 17.2. The van der Waals surface area contributed by atoms with Crippen LogP contribution in [-0.4, -0.2) is 22.8 Å². The number of hydrogen-bond acceptors (Lipinski definition) is 6. The highest BCUT2D eigenvalue weighted by Gasteiger charge is 2.34. The van der Waals surface area contributed by atoms with Crippen LogP contribution in [-0.2, 0) is 0 Å². The van der Waals surface area contributed by atoms with Crippen molar-refractivity contribution >= 4 is 34.2 Å². The monoisotopic (exact) mass is 480 g/mol. The van der Waals surface area contributed by atoms with Gasteiger partial charge in [0, 0.05) is 28.0 Å². The molecule has 3 aromatic carbocycles. The van der Waals surface area contributed by atoms with Gasteiger partial charge in [-0.3, -0.25) is 0 Å². The zero-order valence-corrected chi connectivity index (χ0v) is 19.7. The molecule has 0 fully saturated rings. The van der Waals surface area contributed by atoms with E-state index in [1.165, 1.54) is 0 Å². The molecule has 5 aromatic rings. The number of aromatic nitrogens is 2. The van der Waals surface area contributed by atoms with E-state index in [1.807, 2.05) is 89.9 Å². The minimum atomic E-state index is -0.176. The molecule has 35 heavy (non-hydrogen) atoms. The van der Waals surface area contributed by atoms with Crippen LogP contribution in [0.25, 0.3) is 22.2 Å². The molecule has 0 N–H and O–H groups in total. The number of halogens is 1. The summed E-state index contributed by atoms with van der Waals surface area (Å²) in [5, 5.41) is 8.49. The normalized spacial score (nSPS) is 15.4. The summed E-state index contributed by atoms with van der Waals surface area (Å²) in [6.45, 7) is 0. The van der Waals surface area contributed by atoms with E-state index < -0.39 is 0 Å². The van der Waals surface area contributed by atoms with Crippen molar-refractivity contribution in [2.75, 3.05) is 12.1 Å². The number of ether oxygens (including phenoxy) is 1. The van der Waals surface area contributed by atoms with Gasteiger partial charge in [-0.25, -0.2) is 15.0 Å². The van der Waals surface area contributed by atoms with Gasteiger partial charge in [-0.05, 0) is 42.5 Å². The smallest absolute Gasteiger partial charge is 0.248 e. The summed E-state index contributed by atoms with van der Waals surface area (Å²) < 4.78 is 11.2. The highest BCUT2D eigenvalue weighted by atomic mass is 35.5. The number of anilines is 1. The number of fused-ring (bicyclic) bond motifs is 1. The number of rotatable bonds is 5. The van der Waals surface area contributed by atoms with Crippen LogP contribution < -0.4 is 9.75 Å². The molecule has 0 saturated carbocycles. The molecule has 1 atom stereocenters. The minimum absolute atomic E-state index is 0.176. The summed E-state index contributed by atoms with van der Waals surface area (Å²) in [6, 6.07) is 27.2. The van der Waals surface area contributed by atoms with Crippen molar-refractivity contribution in [1.29, 1.82) is 0 Å². The number of furan rings is 1. The van der Waals surface area contributed by atoms with Crippen LogP contribution in [0.3, 0.4) is 0 Å². The molecule has 0 bridgehead atoms. The fourth-order valence-electron chi connectivity index (χ4n) is 4.37. The second kappa shape index (κ2) is 8.89. The molecule has 1 aliphatic heterocycles. The SMILES string of the molecule is COc1cccc(C2=NN(c3nc(-c4ccc(Cl)cc4)c4ccccc4n3)C(c3ccco3)C2)c1. The van der Waals surface area contributed by atoms with Crippen LogP contribution in [0.1, 0.15) is 23.8 Å². The van der Waals surface area contributed by atoms with E-state index in [1.54, 1.807) is 13.4 Å². The van der Waals surface area contributed by atoms with E-state index >= 15 is 0 Å². The molecule has 1 aliphatic rings. The Labute approximate surface area is 207 Å². The maximum atomic E-state index is 6.15. The van der Waals surface area contributed by atoms with E-state index in [0.29, 0.717) is 17.4 Å². The minimum Gasteiger partial charge on any atom is -0.497 e. The number of para-hydroxylation sites is 1. The van der Waals surface area contributed by atoms with Gasteiger partial charge < -0.3 is 9.15 Å². The lowest BCUT2D eigenvalue weighted by atomic mass is 10.0. The molecule has 6 nitrogen and oxygen atoms in total. The molecule has 0 aliphatic carbocycles. The summed E-state index contributed by atoms with van der Waals surface area (Å²) >= 11 is 6.15. The van der Waals surface area contributed by atoms with Gasteiger partial charge in [-0.15, -0.1) is 0 Å². The predicted octanol–water partition coefficient (Wildman–Crippen LogP) is 6.91. The molecular weight excluding hydrogens is 460 g/mol. The van der Waals surface area contributed by atoms with Crippen molar-refractivity contribution in [3.63, 3.8) is 0 Å². The van der Waals surface area contributed by atoms with E-state index in [0.717, 1.165) is 44.9 Å². The summed E-state index contributed by atoms with van der Waals surface area (Å²) in [5.41, 5.74) is 4.52. The molecule has 2 aromatic heterocycles. The van der Waals surface area contributed by atoms with Crippen LogP contribution in [0.5, 0.6) is 5.75 Å². The third kappa shape index (κ3) is 4.02. The second-order valence-corrected chi connectivity index (χ2v) is 8.69. The van der Waals surface area contributed by atoms with Crippen molar-refractivity contribution < 1.29 is 9.15 Å². The first-order valence-corrected chi connectivity index (χ1v) is 11.6. The van der Waals surface area contributed by atoms with E-state index in [9.17, 15) is 0 Å². The van der Waals surface area contributed by atoms with Crippen molar-refractivity contribution in [2.24, 2.45) is 5.10 Å². The number of nitrogens with zero attached hydrogens (tertiary/aromatic N) is 4. The average Bonchev–Trinajstić information content (AvgIpc) is 3.59. The molecule has 172 valence electrons. The standard InChI is InChI=1S/C28H21ClN4O2/c1-34-21-7-4-6-19(16-21)24-17-25(26-10-5-15-35-26)33(32-24)28-30-23-9-3-2-8-22(23)27(31-28)18-11-13-20(29)14-12-18/h2-16,25H,17H2,1H3. The predicted molar refractivity (Wildman–Crippen MR) is 138 cm³/mol. The number of hydrazone groups is 1. The highest BCUT2D eigenvalue weighted by Crippen LogP contribution is 2.38. The Morgan fingerprint density at radius 2 is 1.77 bits per heavy atom. The fourth-order valence-corrected chi connectivity index (χ4v) is 4.50. The molecule has 7 heteroatoms. The van der Waals surface area contributed by atoms with Gasteiger partial charge in [0.1, 0.15) is 17.6 Å². The van der Waals surface area contributed by atoms with E-state index in [2.05, 4.69) is 0 Å². The quantitative estimate of drug-likeness (QED) is 0.273. The first kappa shape index (κ1) is 21.4. The fraction of sp³-hybridized carbons (Fsp3) is 0.107. The second-order valence-electron chi connectivity index (χ2n) is 8.25. The summed E-state index contributed by atoms with van der Waals surface area (Å²) in [6.07, 6.45) is 2.32. The lowest BCUT2D eigenvalue weighted by Crippen LogP contribution is -2.20. The Morgan fingerprint density at radius 1 is 0.914 bits per heavy atom. The van der Waals surface area contributed by atoms with Gasteiger partial charge >= 0.3 is 0 Å². The van der Waals surface area contributed by atoms with Crippen molar-refractivity contribution in [1.82, 2.24) is 9.97 Å². The maximum Gasteiger partial charge on any atom is 0.248 e. The highest BCUT2D eigenvalue weighted by molar-refractivity contribution is 6.30. The number of methoxy groups -OCH3 is 1. The van der Waals surface area contributed by atoms with Gasteiger partial charge in [0.05, 0.1) is 30.3 Å². The van der Waals surface area contributed by atoms with Gasteiger partial charge in [0.25, 0.3) is 0 Å². The van der Waals surface area contributed by atoms with Crippen LogP contribution in [0.2, 0.25) is 5.02 Å². The topological polar surface area (TPSA) is 63.8 Å². The number of hydrogen-bond donors (Lipinski definition) is 0. The Kier molecular flexibility index (Phi) is 5.43. The van der Waals surface area contributed by atoms with Crippen LogP contribution in [0, 0.1) is 0 Å². The zero-order chi connectivity index (χ0) is 23.8. The van der Waals surface area contributed by atoms with Crippen molar-refractivity contribution in [3.8, 4) is 17.0 Å². The zero-order valence-electron chi connectivity index (χ0n) is 18.9. The number of benzene rings is 3. The van der Waals surface area contributed by atoms with Crippen molar-refractivity contribution in [2.45, 2.75) is 12.5 Å². The molecule has 6 rings (SSSR count). The lowest BCUT2D eigenvalue weighted by Gasteiger charge is -2.21. The third-order valence-electron chi connectivity index (χ3n) is 6.10. The summed E-state index contributed by atoms with van der Waals surface area (Å²) in [4.78, 5) is 9.90. The van der Waals surface area contributed by atoms with Gasteiger partial charge in [0.15, 0.2) is 0 Å². The molecular formula is C28H21ClN4O2. The maximum absolute atomic E-state index is 6.15. The summed E-state index contributed by atoms with van der Waals surface area (Å²) in [7, 11) is 1.66. The molecule has 3 heterocycles. The molecule has 0 spiro atoms. The lowest BCUT2D eigenvalue weighted by molar-refractivity contribution is 0.414. The molecule has 0 radical (unpaired) electrons. The van der Waals surface area contributed by atoms with Crippen LogP contribution in [0.4, 0.5) is 5.95 Å². The average molecular weight is 481 g/mol. The Hall–Kier alpha value is -4.16. The third-order valence-corrected chi connectivity index (χ3v) is 6.35. The Morgan fingerprint density at radius 3 is 2.57 bits per heavy atom. The van der Waals surface area contributed by atoms with Gasteiger partial charge in [-0.2, -0.15) is 5.10 Å². The van der Waals surface area contributed by atoms with Crippen molar-refractivity contribution in [3.05, 3.63) is 108 Å².